The molecule has 1 saturated carbocycles. The Kier molecular flexibility index (Phi) is 7.87. The maximum atomic E-state index is 12.7. The van der Waals surface area contributed by atoms with E-state index < -0.39 is 12.1 Å². The van der Waals surface area contributed by atoms with Gasteiger partial charge in [0.1, 0.15) is 11.6 Å². The van der Waals surface area contributed by atoms with Gasteiger partial charge in [-0.25, -0.2) is 4.79 Å². The third-order valence-corrected chi connectivity index (χ3v) is 6.37. The van der Waals surface area contributed by atoms with E-state index in [9.17, 15) is 22.8 Å². The van der Waals surface area contributed by atoms with E-state index in [-0.39, 0.29) is 23.5 Å². The number of carbonyl (C=O) groups is 3. The quantitative estimate of drug-likeness (QED) is 0.658. The molecule has 2 N–H and O–H groups in total. The number of carboxylic acid groups (broad SMARTS) is 1. The number of morpholine rings is 1. The Morgan fingerprint density at radius 2 is 1.79 bits per heavy atom. The molecule has 2 saturated heterocycles. The van der Waals surface area contributed by atoms with Crippen LogP contribution in [0, 0.1) is 12.8 Å². The van der Waals surface area contributed by atoms with E-state index in [4.69, 9.17) is 14.6 Å². The van der Waals surface area contributed by atoms with E-state index in [2.05, 4.69) is 10.2 Å². The van der Waals surface area contributed by atoms with E-state index in [0.717, 1.165) is 24.2 Å². The summed E-state index contributed by atoms with van der Waals surface area (Å²) in [6.07, 6.45) is -2.13. The lowest BCUT2D eigenvalue weighted by Gasteiger charge is -2.55. The van der Waals surface area contributed by atoms with Crippen molar-refractivity contribution in [3.8, 4) is 0 Å². The van der Waals surface area contributed by atoms with Crippen LogP contribution in [0.15, 0.2) is 24.3 Å². The Labute approximate surface area is 196 Å². The number of alkyl halides is 3. The van der Waals surface area contributed by atoms with Crippen molar-refractivity contribution >= 4 is 17.8 Å². The summed E-state index contributed by atoms with van der Waals surface area (Å²) in [6.45, 7) is 5.39. The number of ether oxygens (including phenoxy) is 1. The van der Waals surface area contributed by atoms with Crippen molar-refractivity contribution in [2.24, 2.45) is 5.92 Å². The standard InChI is InChI=1S/C21H29N3O3.C2HF3O2/c1-15-5-3-4-6-17(15)9-19(25)24-13-21(14-24)12-23(10-16-7-8-16)18(11-27-21)20(26)22-2;3-2(4,5)1(6)7/h3-6,16,18H,7-14H2,1-2H3,(H,22,26);(H,6,7). The van der Waals surface area contributed by atoms with E-state index in [1.54, 1.807) is 7.05 Å². The summed E-state index contributed by atoms with van der Waals surface area (Å²) in [5.74, 6) is -1.86. The summed E-state index contributed by atoms with van der Waals surface area (Å²) >= 11 is 0. The lowest BCUT2D eigenvalue weighted by Crippen LogP contribution is -2.73. The Morgan fingerprint density at radius 3 is 2.32 bits per heavy atom. The van der Waals surface area contributed by atoms with Crippen LogP contribution in [-0.2, 0) is 25.5 Å². The number of hydrogen-bond donors (Lipinski definition) is 2. The Morgan fingerprint density at radius 1 is 1.18 bits per heavy atom. The molecular weight excluding hydrogens is 455 g/mol. The summed E-state index contributed by atoms with van der Waals surface area (Å²) in [7, 11) is 1.68. The predicted molar refractivity (Wildman–Crippen MR) is 116 cm³/mol. The lowest BCUT2D eigenvalue weighted by atomic mass is 9.89. The average molecular weight is 486 g/mol. The fourth-order valence-electron chi connectivity index (χ4n) is 4.22. The van der Waals surface area contributed by atoms with Crippen molar-refractivity contribution in [1.29, 1.82) is 0 Å². The van der Waals surface area contributed by atoms with Gasteiger partial charge in [-0.15, -0.1) is 0 Å². The molecule has 0 bridgehead atoms. The molecule has 3 aliphatic rings. The largest absolute Gasteiger partial charge is 0.490 e. The molecule has 1 aromatic rings. The number of carbonyl (C=O) groups excluding carboxylic acids is 2. The molecule has 1 spiro atoms. The number of aryl methyl sites for hydroxylation is 1. The van der Waals surface area contributed by atoms with Crippen molar-refractivity contribution in [2.45, 2.75) is 44.0 Å². The van der Waals surface area contributed by atoms with E-state index in [0.29, 0.717) is 32.0 Å². The first-order chi connectivity index (χ1) is 15.9. The molecule has 1 aliphatic carbocycles. The Bertz CT molecular complexity index is 913. The predicted octanol–water partition coefficient (Wildman–Crippen LogP) is 1.61. The Balaban J connectivity index is 0.000000406. The highest BCUT2D eigenvalue weighted by molar-refractivity contribution is 5.82. The summed E-state index contributed by atoms with van der Waals surface area (Å²) in [5.41, 5.74) is 1.93. The van der Waals surface area contributed by atoms with Crippen molar-refractivity contribution < 1.29 is 37.4 Å². The van der Waals surface area contributed by atoms with Gasteiger partial charge in [0.25, 0.3) is 0 Å². The van der Waals surface area contributed by atoms with Crippen LogP contribution in [0.4, 0.5) is 13.2 Å². The second kappa shape index (κ2) is 10.3. The summed E-state index contributed by atoms with van der Waals surface area (Å²) < 4.78 is 37.9. The maximum absolute atomic E-state index is 12.7. The van der Waals surface area contributed by atoms with Gasteiger partial charge >= 0.3 is 12.1 Å². The highest BCUT2D eigenvalue weighted by Gasteiger charge is 2.52. The van der Waals surface area contributed by atoms with E-state index in [1.165, 1.54) is 12.8 Å². The Hall–Kier alpha value is -2.66. The molecule has 4 rings (SSSR count). The third kappa shape index (κ3) is 6.47. The number of benzene rings is 1. The zero-order valence-corrected chi connectivity index (χ0v) is 19.2. The number of hydrogen-bond acceptors (Lipinski definition) is 5. The number of likely N-dealkylation sites (N-methyl/N-ethyl adjacent to an activating group) is 1. The van der Waals surface area contributed by atoms with Gasteiger partial charge in [0.05, 0.1) is 26.1 Å². The second-order valence-corrected chi connectivity index (χ2v) is 9.15. The van der Waals surface area contributed by atoms with Gasteiger partial charge in [0, 0.05) is 20.1 Å². The summed E-state index contributed by atoms with van der Waals surface area (Å²) in [5, 5.41) is 9.88. The van der Waals surface area contributed by atoms with Gasteiger partial charge in [-0.05, 0) is 36.8 Å². The molecule has 11 heteroatoms. The van der Waals surface area contributed by atoms with E-state index >= 15 is 0 Å². The monoisotopic (exact) mass is 485 g/mol. The molecule has 1 aromatic carbocycles. The molecule has 3 fully saturated rings. The highest BCUT2D eigenvalue weighted by Crippen LogP contribution is 2.36. The summed E-state index contributed by atoms with van der Waals surface area (Å²) in [4.78, 5) is 37.9. The molecule has 2 aliphatic heterocycles. The van der Waals surface area contributed by atoms with Crippen LogP contribution in [0.1, 0.15) is 24.0 Å². The van der Waals surface area contributed by atoms with Crippen LogP contribution in [0.25, 0.3) is 0 Å². The molecule has 0 aromatic heterocycles. The van der Waals surface area contributed by atoms with Crippen LogP contribution >= 0.6 is 0 Å². The minimum atomic E-state index is -5.08. The minimum absolute atomic E-state index is 0.0253. The van der Waals surface area contributed by atoms with Gasteiger partial charge in [0.2, 0.25) is 11.8 Å². The molecule has 1 unspecified atom stereocenters. The smallest absolute Gasteiger partial charge is 0.475 e. The first kappa shape index (κ1) is 26.0. The first-order valence-electron chi connectivity index (χ1n) is 11.2. The van der Waals surface area contributed by atoms with Gasteiger partial charge in [-0.3, -0.25) is 14.5 Å². The lowest BCUT2D eigenvalue weighted by molar-refractivity contribution is -0.204. The normalized spacial score (nSPS) is 21.8. The van der Waals surface area contributed by atoms with Crippen LogP contribution in [0.3, 0.4) is 0 Å². The van der Waals surface area contributed by atoms with Crippen molar-refractivity contribution in [2.75, 3.05) is 39.8 Å². The van der Waals surface area contributed by atoms with Gasteiger partial charge in [-0.1, -0.05) is 24.3 Å². The number of aliphatic carboxylic acids is 1. The molecule has 2 heterocycles. The minimum Gasteiger partial charge on any atom is -0.475 e. The van der Waals surface area contributed by atoms with Crippen LogP contribution in [0.2, 0.25) is 0 Å². The fourth-order valence-corrected chi connectivity index (χ4v) is 4.22. The zero-order valence-electron chi connectivity index (χ0n) is 19.2. The third-order valence-electron chi connectivity index (χ3n) is 6.37. The van der Waals surface area contributed by atoms with Crippen LogP contribution in [0.5, 0.6) is 0 Å². The zero-order chi connectivity index (χ0) is 25.1. The van der Waals surface area contributed by atoms with E-state index in [1.807, 2.05) is 36.1 Å². The second-order valence-electron chi connectivity index (χ2n) is 9.15. The first-order valence-corrected chi connectivity index (χ1v) is 11.2. The number of rotatable bonds is 5. The average Bonchev–Trinajstić information content (AvgIpc) is 3.56. The van der Waals surface area contributed by atoms with Crippen molar-refractivity contribution in [3.63, 3.8) is 0 Å². The highest BCUT2D eigenvalue weighted by atomic mass is 19.4. The van der Waals surface area contributed by atoms with Gasteiger partial charge in [-0.2, -0.15) is 13.2 Å². The molecule has 8 nitrogen and oxygen atoms in total. The fraction of sp³-hybridized carbons (Fsp3) is 0.609. The number of carboxylic acids is 1. The molecule has 34 heavy (non-hydrogen) atoms. The van der Waals surface area contributed by atoms with Crippen LogP contribution < -0.4 is 5.32 Å². The number of nitrogens with zero attached hydrogens (tertiary/aromatic N) is 2. The van der Waals surface area contributed by atoms with Crippen molar-refractivity contribution in [1.82, 2.24) is 15.1 Å². The topological polar surface area (TPSA) is 99.2 Å². The number of halogens is 3. The number of likely N-dealkylation sites (tertiary alicyclic amines) is 1. The maximum Gasteiger partial charge on any atom is 0.490 e. The van der Waals surface area contributed by atoms with Crippen LogP contribution in [-0.4, -0.2) is 90.3 Å². The van der Waals surface area contributed by atoms with Gasteiger partial charge in [0.15, 0.2) is 0 Å². The van der Waals surface area contributed by atoms with Gasteiger partial charge < -0.3 is 20.1 Å². The summed E-state index contributed by atoms with van der Waals surface area (Å²) in [6, 6.07) is 7.82. The molecular formula is C23H30F3N3O5. The molecule has 2 amide bonds. The SMILES string of the molecule is CNC(=O)C1COC2(CN(C(=O)Cc3ccccc3C)C2)CN1CC1CC1.O=C(O)C(F)(F)F. The molecule has 0 radical (unpaired) electrons. The number of amides is 2. The number of nitrogens with one attached hydrogen (secondary N) is 1. The molecule has 188 valence electrons. The van der Waals surface area contributed by atoms with Crippen molar-refractivity contribution in [3.05, 3.63) is 35.4 Å². The molecule has 1 atom stereocenters.